The third-order valence-electron chi connectivity index (χ3n) is 4.02. The van der Waals surface area contributed by atoms with Gasteiger partial charge < -0.3 is 15.8 Å². The molecule has 1 aliphatic heterocycles. The number of pyridine rings is 1. The molecular weight excluding hydrogens is 252 g/mol. The van der Waals surface area contributed by atoms with Crippen molar-refractivity contribution >= 4 is 11.7 Å². The third kappa shape index (κ3) is 3.03. The summed E-state index contributed by atoms with van der Waals surface area (Å²) in [6.07, 6.45) is 5.96. The van der Waals surface area contributed by atoms with Gasteiger partial charge in [-0.3, -0.25) is 0 Å². The van der Waals surface area contributed by atoms with Gasteiger partial charge in [-0.1, -0.05) is 24.9 Å². The Hall–Kier alpha value is -1.78. The molecule has 2 rings (SSSR count). The van der Waals surface area contributed by atoms with Gasteiger partial charge in [0, 0.05) is 18.3 Å². The number of aromatic nitrogens is 1. The van der Waals surface area contributed by atoms with Crippen molar-refractivity contribution in [2.45, 2.75) is 52.0 Å². The van der Waals surface area contributed by atoms with Crippen LogP contribution in [0, 0.1) is 6.92 Å². The summed E-state index contributed by atoms with van der Waals surface area (Å²) in [4.78, 5) is 7.00. The molecule has 5 nitrogen and oxygen atoms in total. The van der Waals surface area contributed by atoms with Crippen LogP contribution in [-0.2, 0) is 0 Å². The molecule has 0 aromatic carbocycles. The molecule has 3 N–H and O–H groups in total. The van der Waals surface area contributed by atoms with E-state index in [0.29, 0.717) is 6.04 Å². The van der Waals surface area contributed by atoms with Crippen LogP contribution in [0.2, 0.25) is 0 Å². The molecular formula is C15H24N4O. The molecule has 0 radical (unpaired) electrons. The number of hydrogen-bond acceptors (Lipinski definition) is 4. The predicted molar refractivity (Wildman–Crippen MR) is 81.4 cm³/mol. The van der Waals surface area contributed by atoms with Crippen molar-refractivity contribution in [3.05, 3.63) is 23.4 Å². The zero-order valence-electron chi connectivity index (χ0n) is 12.3. The fourth-order valence-electron chi connectivity index (χ4n) is 2.90. The normalized spacial score (nSPS) is 20.8. The Labute approximate surface area is 120 Å². The summed E-state index contributed by atoms with van der Waals surface area (Å²) in [6, 6.07) is 4.28. The molecule has 1 unspecified atom stereocenters. The topological polar surface area (TPSA) is 74.7 Å². The second-order valence-corrected chi connectivity index (χ2v) is 5.41. The first kappa shape index (κ1) is 14.6. The van der Waals surface area contributed by atoms with Crippen molar-refractivity contribution in [2.24, 2.45) is 10.9 Å². The van der Waals surface area contributed by atoms with E-state index in [1.54, 1.807) is 0 Å². The molecule has 1 fully saturated rings. The predicted octanol–water partition coefficient (Wildman–Crippen LogP) is 2.64. The van der Waals surface area contributed by atoms with E-state index < -0.39 is 0 Å². The zero-order chi connectivity index (χ0) is 14.5. The van der Waals surface area contributed by atoms with Crippen LogP contribution in [0.25, 0.3) is 0 Å². The minimum Gasteiger partial charge on any atom is -0.409 e. The van der Waals surface area contributed by atoms with E-state index in [-0.39, 0.29) is 5.84 Å². The van der Waals surface area contributed by atoms with Gasteiger partial charge in [0.05, 0.1) is 5.56 Å². The number of amidine groups is 1. The van der Waals surface area contributed by atoms with Gasteiger partial charge in [0.1, 0.15) is 5.82 Å². The number of anilines is 1. The number of aryl methyl sites for hydroxylation is 1. The number of hydrogen-bond donors (Lipinski definition) is 2. The van der Waals surface area contributed by atoms with Crippen LogP contribution >= 0.6 is 0 Å². The van der Waals surface area contributed by atoms with Crippen molar-refractivity contribution in [1.29, 1.82) is 0 Å². The van der Waals surface area contributed by atoms with Gasteiger partial charge in [-0.05, 0) is 38.3 Å². The number of oxime groups is 1. The molecule has 5 heteroatoms. The summed E-state index contributed by atoms with van der Waals surface area (Å²) in [5.74, 6) is 0.987. The van der Waals surface area contributed by atoms with E-state index in [2.05, 4.69) is 22.0 Å². The van der Waals surface area contributed by atoms with Crippen LogP contribution in [0.4, 0.5) is 5.82 Å². The Kier molecular flexibility index (Phi) is 4.82. The monoisotopic (exact) mass is 276 g/mol. The molecule has 1 saturated heterocycles. The number of rotatable bonds is 3. The minimum absolute atomic E-state index is 0.131. The summed E-state index contributed by atoms with van der Waals surface area (Å²) >= 11 is 0. The maximum absolute atomic E-state index is 8.98. The van der Waals surface area contributed by atoms with Crippen molar-refractivity contribution in [3.63, 3.8) is 0 Å². The Morgan fingerprint density at radius 3 is 2.95 bits per heavy atom. The average molecular weight is 276 g/mol. The summed E-state index contributed by atoms with van der Waals surface area (Å²) in [5, 5.41) is 12.1. The highest BCUT2D eigenvalue weighted by atomic mass is 16.4. The van der Waals surface area contributed by atoms with E-state index in [1.165, 1.54) is 25.7 Å². The summed E-state index contributed by atoms with van der Waals surface area (Å²) < 4.78 is 0. The van der Waals surface area contributed by atoms with Gasteiger partial charge in [0.15, 0.2) is 5.84 Å². The van der Waals surface area contributed by atoms with E-state index in [0.717, 1.165) is 30.0 Å². The maximum Gasteiger partial charge on any atom is 0.173 e. The van der Waals surface area contributed by atoms with E-state index in [1.807, 2.05) is 19.1 Å². The second-order valence-electron chi connectivity index (χ2n) is 5.41. The fourth-order valence-corrected chi connectivity index (χ4v) is 2.90. The van der Waals surface area contributed by atoms with Gasteiger partial charge in [-0.2, -0.15) is 0 Å². The first-order chi connectivity index (χ1) is 9.67. The summed E-state index contributed by atoms with van der Waals surface area (Å²) in [5.41, 5.74) is 7.48. The maximum atomic E-state index is 8.98. The molecule has 0 bridgehead atoms. The number of nitrogens with zero attached hydrogens (tertiary/aromatic N) is 3. The standard InChI is InChI=1S/C15H24N4O/c1-3-12-7-5-4-6-10-19(12)15-13(14(16)18-20)9-8-11(2)17-15/h8-9,12,20H,3-7,10H2,1-2H3,(H2,16,18). The quantitative estimate of drug-likeness (QED) is 0.385. The van der Waals surface area contributed by atoms with Crippen molar-refractivity contribution in [3.8, 4) is 0 Å². The lowest BCUT2D eigenvalue weighted by molar-refractivity contribution is 0.318. The molecule has 0 amide bonds. The summed E-state index contributed by atoms with van der Waals surface area (Å²) in [7, 11) is 0. The SMILES string of the molecule is CCC1CCCCCN1c1nc(C)ccc1/C(N)=N/O. The smallest absolute Gasteiger partial charge is 0.173 e. The van der Waals surface area contributed by atoms with Crippen molar-refractivity contribution < 1.29 is 5.21 Å². The highest BCUT2D eigenvalue weighted by molar-refractivity contribution is 6.01. The Balaban J connectivity index is 2.45. The lowest BCUT2D eigenvalue weighted by atomic mass is 10.1. The molecule has 0 aliphatic carbocycles. The van der Waals surface area contributed by atoms with Crippen LogP contribution < -0.4 is 10.6 Å². The molecule has 20 heavy (non-hydrogen) atoms. The van der Waals surface area contributed by atoms with Crippen LogP contribution in [0.5, 0.6) is 0 Å². The van der Waals surface area contributed by atoms with Gasteiger partial charge in [0.2, 0.25) is 0 Å². The molecule has 2 heterocycles. The van der Waals surface area contributed by atoms with E-state index >= 15 is 0 Å². The van der Waals surface area contributed by atoms with Gasteiger partial charge in [-0.25, -0.2) is 4.98 Å². The third-order valence-corrected chi connectivity index (χ3v) is 4.02. The summed E-state index contributed by atoms with van der Waals surface area (Å²) in [6.45, 7) is 5.17. The van der Waals surface area contributed by atoms with Gasteiger partial charge >= 0.3 is 0 Å². The van der Waals surface area contributed by atoms with Crippen molar-refractivity contribution in [2.75, 3.05) is 11.4 Å². The molecule has 1 aromatic rings. The Bertz CT molecular complexity index is 487. The largest absolute Gasteiger partial charge is 0.409 e. The molecule has 1 atom stereocenters. The van der Waals surface area contributed by atoms with Crippen LogP contribution in [0.1, 0.15) is 50.3 Å². The Morgan fingerprint density at radius 2 is 2.25 bits per heavy atom. The zero-order valence-corrected chi connectivity index (χ0v) is 12.3. The molecule has 0 saturated carbocycles. The van der Waals surface area contributed by atoms with E-state index in [9.17, 15) is 0 Å². The second kappa shape index (κ2) is 6.59. The first-order valence-corrected chi connectivity index (χ1v) is 7.39. The molecule has 1 aromatic heterocycles. The highest BCUT2D eigenvalue weighted by Gasteiger charge is 2.24. The lowest BCUT2D eigenvalue weighted by Crippen LogP contribution is -2.37. The molecule has 0 spiro atoms. The minimum atomic E-state index is 0.131. The van der Waals surface area contributed by atoms with Crippen LogP contribution in [0.3, 0.4) is 0 Å². The highest BCUT2D eigenvalue weighted by Crippen LogP contribution is 2.27. The molecule has 1 aliphatic rings. The van der Waals surface area contributed by atoms with Gasteiger partial charge in [0.25, 0.3) is 0 Å². The van der Waals surface area contributed by atoms with Crippen molar-refractivity contribution in [1.82, 2.24) is 4.98 Å². The van der Waals surface area contributed by atoms with E-state index in [4.69, 9.17) is 10.9 Å². The number of nitrogens with two attached hydrogens (primary N) is 1. The van der Waals surface area contributed by atoms with Crippen LogP contribution in [0.15, 0.2) is 17.3 Å². The van der Waals surface area contributed by atoms with Crippen LogP contribution in [-0.4, -0.2) is 28.6 Å². The lowest BCUT2D eigenvalue weighted by Gasteiger charge is -2.32. The van der Waals surface area contributed by atoms with Gasteiger partial charge in [-0.15, -0.1) is 0 Å². The first-order valence-electron chi connectivity index (χ1n) is 7.39. The average Bonchev–Trinajstić information content (AvgIpc) is 2.71. The molecule has 110 valence electrons. The fraction of sp³-hybridized carbons (Fsp3) is 0.600. The Morgan fingerprint density at radius 1 is 1.45 bits per heavy atom.